The Morgan fingerprint density at radius 2 is 2.50 bits per heavy atom. The van der Waals surface area contributed by atoms with Crippen LogP contribution in [0.25, 0.3) is 0 Å². The lowest BCUT2D eigenvalue weighted by Gasteiger charge is -1.73. The Morgan fingerprint density at radius 3 is 2.67 bits per heavy atom. The van der Waals surface area contributed by atoms with Crippen molar-refractivity contribution in [2.45, 2.75) is 6.42 Å². The summed E-state index contributed by atoms with van der Waals surface area (Å²) >= 11 is 0. The Morgan fingerprint density at radius 1 is 1.83 bits per heavy atom. The molecule has 0 radical (unpaired) electrons. The van der Waals surface area contributed by atoms with Gasteiger partial charge in [0.05, 0.1) is 0 Å². The highest BCUT2D eigenvalue weighted by molar-refractivity contribution is 4.74. The molecule has 0 aliphatic heterocycles. The lowest BCUT2D eigenvalue weighted by Crippen LogP contribution is -1.72. The van der Waals surface area contributed by atoms with E-state index in [1.54, 1.807) is 6.08 Å². The van der Waals surface area contributed by atoms with E-state index in [0.717, 1.165) is 0 Å². The van der Waals surface area contributed by atoms with E-state index in [4.69, 9.17) is 5.11 Å². The molecule has 1 nitrogen and oxygen atoms in total. The second-order valence-corrected chi connectivity index (χ2v) is 0.921. The maximum absolute atomic E-state index is 8.10. The fraction of sp³-hybridized carbons (Fsp3) is 0.400. The van der Waals surface area contributed by atoms with Gasteiger partial charge in [-0.25, -0.2) is 0 Å². The zero-order valence-corrected chi connectivity index (χ0v) is 3.65. The zero-order chi connectivity index (χ0) is 4.83. The molecule has 0 unspecified atom stereocenters. The van der Waals surface area contributed by atoms with Crippen LogP contribution in [-0.4, -0.2) is 11.7 Å². The second-order valence-electron chi connectivity index (χ2n) is 0.921. The van der Waals surface area contributed by atoms with E-state index in [1.807, 2.05) is 0 Å². The molecule has 0 aliphatic carbocycles. The van der Waals surface area contributed by atoms with Gasteiger partial charge in [-0.3, -0.25) is 0 Å². The molecule has 0 aliphatic rings. The monoisotopic (exact) mass is 84.1 g/mol. The Kier molecular flexibility index (Phi) is 4.09. The van der Waals surface area contributed by atoms with Gasteiger partial charge in [0.25, 0.3) is 0 Å². The number of aliphatic hydroxyl groups excluding tert-OH is 1. The molecule has 0 fully saturated rings. The predicted molar refractivity (Wildman–Crippen MR) is 25.4 cm³/mol. The number of hydrogen-bond acceptors (Lipinski definition) is 1. The van der Waals surface area contributed by atoms with Crippen molar-refractivity contribution in [1.29, 1.82) is 0 Å². The fourth-order valence-electron chi connectivity index (χ4n) is 0.167. The molecule has 0 aromatic heterocycles. The van der Waals surface area contributed by atoms with Crippen LogP contribution in [0.1, 0.15) is 6.42 Å². The molecule has 0 atom stereocenters. The van der Waals surface area contributed by atoms with Crippen LogP contribution in [0.15, 0.2) is 18.4 Å². The summed E-state index contributed by atoms with van der Waals surface area (Å²) in [5.74, 6) is 0. The molecule has 0 saturated heterocycles. The molecular formula is C5H8O. The molecule has 0 spiro atoms. The minimum atomic E-state index is 0.197. The van der Waals surface area contributed by atoms with Crippen LogP contribution < -0.4 is 0 Å². The standard InChI is InChI=1S/C5H8O/c1-2-3-4-5-6/h3,6H,1,4-5H2. The predicted octanol–water partition coefficient (Wildman–Crippen LogP) is 0.710. The minimum absolute atomic E-state index is 0.197. The van der Waals surface area contributed by atoms with Crippen LogP contribution in [-0.2, 0) is 0 Å². The van der Waals surface area contributed by atoms with Crippen LogP contribution in [0.5, 0.6) is 0 Å². The first kappa shape index (κ1) is 5.48. The highest BCUT2D eigenvalue weighted by Gasteiger charge is 1.65. The Labute approximate surface area is 37.6 Å². The van der Waals surface area contributed by atoms with Crippen molar-refractivity contribution in [3.05, 3.63) is 18.4 Å². The molecule has 0 aromatic carbocycles. The number of hydrogen-bond donors (Lipinski definition) is 1. The molecule has 0 saturated carbocycles. The van der Waals surface area contributed by atoms with Crippen LogP contribution >= 0.6 is 0 Å². The van der Waals surface area contributed by atoms with E-state index in [0.29, 0.717) is 6.42 Å². The zero-order valence-electron chi connectivity index (χ0n) is 3.65. The molecule has 34 valence electrons. The fourth-order valence-corrected chi connectivity index (χ4v) is 0.167. The van der Waals surface area contributed by atoms with Gasteiger partial charge in [0.1, 0.15) is 0 Å². The van der Waals surface area contributed by atoms with Crippen LogP contribution in [0.4, 0.5) is 0 Å². The van der Waals surface area contributed by atoms with Gasteiger partial charge in [0.15, 0.2) is 0 Å². The first-order chi connectivity index (χ1) is 2.91. The van der Waals surface area contributed by atoms with Gasteiger partial charge in [-0.1, -0.05) is 6.58 Å². The van der Waals surface area contributed by atoms with Crippen molar-refractivity contribution in [1.82, 2.24) is 0 Å². The molecule has 1 heteroatoms. The summed E-state index contributed by atoms with van der Waals surface area (Å²) in [5, 5.41) is 8.10. The molecule has 1 N–H and O–H groups in total. The van der Waals surface area contributed by atoms with Crippen molar-refractivity contribution >= 4 is 0 Å². The summed E-state index contributed by atoms with van der Waals surface area (Å²) in [6, 6.07) is 0. The third-order valence-electron chi connectivity index (χ3n) is 0.418. The smallest absolute Gasteiger partial charge is 0.0471 e. The highest BCUT2D eigenvalue weighted by atomic mass is 16.2. The van der Waals surface area contributed by atoms with Gasteiger partial charge in [-0.05, 0) is 12.5 Å². The average molecular weight is 84.1 g/mol. The topological polar surface area (TPSA) is 20.2 Å². The quantitative estimate of drug-likeness (QED) is 0.488. The van der Waals surface area contributed by atoms with Crippen molar-refractivity contribution in [3.63, 3.8) is 0 Å². The maximum Gasteiger partial charge on any atom is 0.0471 e. The van der Waals surface area contributed by atoms with E-state index < -0.39 is 0 Å². The van der Waals surface area contributed by atoms with Gasteiger partial charge < -0.3 is 5.11 Å². The van der Waals surface area contributed by atoms with Gasteiger partial charge >= 0.3 is 0 Å². The Bertz CT molecular complexity index is 60.3. The second kappa shape index (κ2) is 4.48. The molecule has 6 heavy (non-hydrogen) atoms. The van der Waals surface area contributed by atoms with E-state index in [1.165, 1.54) is 0 Å². The van der Waals surface area contributed by atoms with Crippen LogP contribution in [0.2, 0.25) is 0 Å². The van der Waals surface area contributed by atoms with Gasteiger partial charge in [0.2, 0.25) is 0 Å². The molecule has 0 heterocycles. The number of rotatable bonds is 2. The summed E-state index contributed by atoms with van der Waals surface area (Å²) < 4.78 is 0. The average Bonchev–Trinajstić information content (AvgIpc) is 1.61. The molecular weight excluding hydrogens is 76.1 g/mol. The van der Waals surface area contributed by atoms with Crippen molar-refractivity contribution < 1.29 is 5.11 Å². The molecule has 0 amide bonds. The van der Waals surface area contributed by atoms with Gasteiger partial charge in [-0.15, -0.1) is 5.73 Å². The van der Waals surface area contributed by atoms with Crippen LogP contribution in [0.3, 0.4) is 0 Å². The number of aliphatic hydroxyl groups is 1. The summed E-state index contributed by atoms with van der Waals surface area (Å²) in [4.78, 5) is 0. The van der Waals surface area contributed by atoms with E-state index >= 15 is 0 Å². The third-order valence-corrected chi connectivity index (χ3v) is 0.418. The Hall–Kier alpha value is -0.520. The first-order valence-corrected chi connectivity index (χ1v) is 1.87. The van der Waals surface area contributed by atoms with E-state index in [-0.39, 0.29) is 6.61 Å². The van der Waals surface area contributed by atoms with Crippen molar-refractivity contribution in [2.75, 3.05) is 6.61 Å². The summed E-state index contributed by atoms with van der Waals surface area (Å²) in [6.07, 6.45) is 2.36. The minimum Gasteiger partial charge on any atom is -0.396 e. The molecule has 0 rings (SSSR count). The summed E-state index contributed by atoms with van der Waals surface area (Å²) in [6.45, 7) is 3.50. The third kappa shape index (κ3) is 3.48. The maximum atomic E-state index is 8.10. The summed E-state index contributed by atoms with van der Waals surface area (Å²) in [7, 11) is 0. The van der Waals surface area contributed by atoms with E-state index in [2.05, 4.69) is 12.3 Å². The van der Waals surface area contributed by atoms with Gasteiger partial charge in [-0.2, -0.15) is 0 Å². The SMILES string of the molecule is C=C=CCCO. The molecule has 0 bridgehead atoms. The van der Waals surface area contributed by atoms with Crippen molar-refractivity contribution in [3.8, 4) is 0 Å². The lowest BCUT2D eigenvalue weighted by molar-refractivity contribution is 0.302. The normalized spacial score (nSPS) is 6.83. The first-order valence-electron chi connectivity index (χ1n) is 1.87. The largest absolute Gasteiger partial charge is 0.396 e. The summed E-state index contributed by atoms with van der Waals surface area (Å²) in [5.41, 5.74) is 2.53. The van der Waals surface area contributed by atoms with Crippen LogP contribution in [0, 0.1) is 0 Å². The highest BCUT2D eigenvalue weighted by Crippen LogP contribution is 1.72. The Balaban J connectivity index is 2.86. The van der Waals surface area contributed by atoms with Crippen molar-refractivity contribution in [2.24, 2.45) is 0 Å². The molecule has 0 aromatic rings. The van der Waals surface area contributed by atoms with E-state index in [9.17, 15) is 0 Å². The lowest BCUT2D eigenvalue weighted by atomic mass is 10.4. The van der Waals surface area contributed by atoms with Gasteiger partial charge in [0, 0.05) is 6.61 Å².